The highest BCUT2D eigenvalue weighted by Gasteiger charge is 2.26. The van der Waals surface area contributed by atoms with E-state index in [1.54, 1.807) is 0 Å². The van der Waals surface area contributed by atoms with Gasteiger partial charge in [0, 0.05) is 5.56 Å². The van der Waals surface area contributed by atoms with Gasteiger partial charge in [-0.1, -0.05) is 64.7 Å². The Morgan fingerprint density at radius 1 is 0.731 bits per heavy atom. The molecule has 0 atom stereocenters. The van der Waals surface area contributed by atoms with Crippen LogP contribution in [0.15, 0.2) is 4.90 Å². The topological polar surface area (TPSA) is 41.5 Å². The fourth-order valence-corrected chi connectivity index (χ4v) is 3.24. The highest BCUT2D eigenvalue weighted by atomic mass is 32.2. The molecule has 1 rings (SSSR count). The van der Waals surface area contributed by atoms with Crippen LogP contribution in [-0.4, -0.2) is 0 Å². The van der Waals surface area contributed by atoms with Crippen molar-refractivity contribution in [2.45, 2.75) is 82.4 Å². The van der Waals surface area contributed by atoms with Gasteiger partial charge in [-0.05, 0) is 12.8 Å². The van der Waals surface area contributed by atoms with E-state index < -0.39 is 33.7 Å². The summed E-state index contributed by atoms with van der Waals surface area (Å²) in [6, 6.07) is 0. The molecule has 0 bridgehead atoms. The molecule has 1 aromatic carbocycles. The Balaban J connectivity index is 2.43. The minimum absolute atomic E-state index is 0.0584. The van der Waals surface area contributed by atoms with Crippen LogP contribution >= 0.6 is 12.0 Å². The van der Waals surface area contributed by atoms with E-state index in [1.807, 2.05) is 0 Å². The monoisotopic (exact) mass is 397 g/mol. The van der Waals surface area contributed by atoms with Gasteiger partial charge in [0.25, 0.3) is 0 Å². The number of hydrogen-bond acceptors (Lipinski definition) is 4. The predicted octanol–water partition coefficient (Wildman–Crippen LogP) is 5.94. The predicted molar refractivity (Wildman–Crippen MR) is 89.8 cm³/mol. The first-order valence-electron chi connectivity index (χ1n) is 9.02. The molecule has 0 N–H and O–H groups in total. The molecule has 150 valence electrons. The van der Waals surface area contributed by atoms with Crippen LogP contribution in [0.1, 0.15) is 76.7 Å². The first-order chi connectivity index (χ1) is 12.5. The molecule has 26 heavy (non-hydrogen) atoms. The molecule has 0 aromatic heterocycles. The molecule has 0 aliphatic carbocycles. The zero-order valence-electron chi connectivity index (χ0n) is 14.9. The van der Waals surface area contributed by atoms with Crippen LogP contribution in [0.5, 0.6) is 0 Å². The Morgan fingerprint density at radius 2 is 1.27 bits per heavy atom. The molecular formula is C18H25F4O3S-. The van der Waals surface area contributed by atoms with Crippen LogP contribution in [0, 0.1) is 23.3 Å². The lowest BCUT2D eigenvalue weighted by Crippen LogP contribution is -2.07. The summed E-state index contributed by atoms with van der Waals surface area (Å²) in [7, 11) is 0. The van der Waals surface area contributed by atoms with Gasteiger partial charge in [-0.25, -0.2) is 17.6 Å². The molecule has 0 aliphatic heterocycles. The smallest absolute Gasteiger partial charge is 0.196 e. The number of rotatable bonds is 14. The van der Waals surface area contributed by atoms with E-state index >= 15 is 0 Å². The van der Waals surface area contributed by atoms with Crippen molar-refractivity contribution in [2.24, 2.45) is 0 Å². The second-order valence-corrected chi connectivity index (χ2v) is 6.93. The van der Waals surface area contributed by atoms with Crippen molar-refractivity contribution in [3.8, 4) is 0 Å². The Labute approximate surface area is 156 Å². The van der Waals surface area contributed by atoms with E-state index in [-0.39, 0.29) is 18.5 Å². The zero-order chi connectivity index (χ0) is 19.4. The summed E-state index contributed by atoms with van der Waals surface area (Å²) in [5.74, 6) is -6.33. The maximum absolute atomic E-state index is 14.2. The molecule has 1 aromatic rings. The molecule has 0 amide bonds. The van der Waals surface area contributed by atoms with Gasteiger partial charge in [-0.15, -0.1) is 0 Å². The molecule has 0 radical (unpaired) electrons. The fourth-order valence-electron chi connectivity index (χ4n) is 2.79. The summed E-state index contributed by atoms with van der Waals surface area (Å²) >= 11 is -0.122. The average Bonchev–Trinajstić information content (AvgIpc) is 2.64. The van der Waals surface area contributed by atoms with Crippen LogP contribution in [0.2, 0.25) is 0 Å². The Kier molecular flexibility index (Phi) is 11.9. The maximum Gasteiger partial charge on any atom is 0.196 e. The lowest BCUT2D eigenvalue weighted by Gasteiger charge is -2.12. The molecular weight excluding hydrogens is 372 g/mol. The molecule has 0 saturated carbocycles. The molecule has 3 nitrogen and oxygen atoms in total. The Morgan fingerprint density at radius 3 is 1.81 bits per heavy atom. The minimum Gasteiger partial charge on any atom is -0.691 e. The molecule has 0 spiro atoms. The lowest BCUT2D eigenvalue weighted by atomic mass is 10.0. The van der Waals surface area contributed by atoms with Crippen molar-refractivity contribution in [1.29, 1.82) is 0 Å². The highest BCUT2D eigenvalue weighted by Crippen LogP contribution is 2.32. The average molecular weight is 397 g/mol. The number of halogens is 4. The SMILES string of the molecule is CCCCCCCCCCCCc1c(F)c(F)c(F)c(SOO[O-])c1F. The quantitative estimate of drug-likeness (QED) is 0.0741. The number of unbranched alkanes of at least 4 members (excludes halogenated alkanes) is 9. The van der Waals surface area contributed by atoms with Crippen molar-refractivity contribution >= 4 is 12.0 Å². The van der Waals surface area contributed by atoms with Gasteiger partial charge in [0.2, 0.25) is 0 Å². The summed E-state index contributed by atoms with van der Waals surface area (Å²) in [5.41, 5.74) is -0.541. The normalized spacial score (nSPS) is 11.3. The number of benzene rings is 1. The molecule has 0 saturated heterocycles. The lowest BCUT2D eigenvalue weighted by molar-refractivity contribution is -0.777. The van der Waals surface area contributed by atoms with Crippen molar-refractivity contribution < 1.29 is 32.2 Å². The van der Waals surface area contributed by atoms with E-state index in [0.717, 1.165) is 25.7 Å². The van der Waals surface area contributed by atoms with Crippen molar-refractivity contribution in [3.63, 3.8) is 0 Å². The van der Waals surface area contributed by atoms with Gasteiger partial charge in [-0.3, -0.25) is 5.04 Å². The maximum atomic E-state index is 14.2. The third-order valence-corrected chi connectivity index (χ3v) is 4.89. The summed E-state index contributed by atoms with van der Waals surface area (Å²) in [4.78, 5) is -0.929. The van der Waals surface area contributed by atoms with E-state index in [4.69, 9.17) is 0 Å². The van der Waals surface area contributed by atoms with E-state index in [1.165, 1.54) is 32.1 Å². The van der Waals surface area contributed by atoms with Gasteiger partial charge in [0.05, 0.1) is 12.0 Å². The van der Waals surface area contributed by atoms with E-state index in [0.29, 0.717) is 6.42 Å². The molecule has 8 heteroatoms. The van der Waals surface area contributed by atoms with Gasteiger partial charge in [0.1, 0.15) is 10.7 Å². The van der Waals surface area contributed by atoms with Gasteiger partial charge in [0.15, 0.2) is 17.5 Å². The van der Waals surface area contributed by atoms with Crippen LogP contribution in [0.25, 0.3) is 0 Å². The summed E-state index contributed by atoms with van der Waals surface area (Å²) < 4.78 is 58.9. The van der Waals surface area contributed by atoms with Gasteiger partial charge >= 0.3 is 0 Å². The van der Waals surface area contributed by atoms with Gasteiger partial charge in [-0.2, -0.15) is 4.33 Å². The highest BCUT2D eigenvalue weighted by molar-refractivity contribution is 7.94. The molecule has 0 aliphatic rings. The first-order valence-corrected chi connectivity index (χ1v) is 9.76. The largest absolute Gasteiger partial charge is 0.691 e. The second kappa shape index (κ2) is 13.4. The first kappa shape index (κ1) is 23.2. The molecule has 0 heterocycles. The van der Waals surface area contributed by atoms with Crippen molar-refractivity contribution in [3.05, 3.63) is 28.8 Å². The van der Waals surface area contributed by atoms with Crippen LogP contribution in [0.4, 0.5) is 17.6 Å². The van der Waals surface area contributed by atoms with Crippen LogP contribution < -0.4 is 5.26 Å². The fraction of sp³-hybridized carbons (Fsp3) is 0.667. The van der Waals surface area contributed by atoms with Crippen molar-refractivity contribution in [2.75, 3.05) is 0 Å². The molecule has 0 fully saturated rings. The van der Waals surface area contributed by atoms with Crippen LogP contribution in [0.3, 0.4) is 0 Å². The third-order valence-electron chi connectivity index (χ3n) is 4.24. The standard InChI is InChI=1S/C18H26F4O3S/c1-2-3-4-5-6-7-8-9-10-11-12-13-14(19)16(21)17(22)18(15(13)20)26-25-24-23/h23H,2-12H2,1H3/p-1. The molecule has 0 unspecified atom stereocenters. The van der Waals surface area contributed by atoms with Gasteiger partial charge < -0.3 is 5.26 Å². The number of hydrogen-bond donors (Lipinski definition) is 0. The third kappa shape index (κ3) is 7.42. The summed E-state index contributed by atoms with van der Waals surface area (Å²) in [5, 5.41) is 12.8. The Hall–Kier alpha value is -0.830. The zero-order valence-corrected chi connectivity index (χ0v) is 15.7. The minimum atomic E-state index is -1.79. The van der Waals surface area contributed by atoms with E-state index in [2.05, 4.69) is 16.3 Å². The van der Waals surface area contributed by atoms with Crippen molar-refractivity contribution in [1.82, 2.24) is 0 Å². The summed E-state index contributed by atoms with van der Waals surface area (Å²) in [6.45, 7) is 2.17. The Bertz CT molecular complexity index is 544. The van der Waals surface area contributed by atoms with Crippen LogP contribution in [-0.2, 0) is 15.8 Å². The summed E-state index contributed by atoms with van der Waals surface area (Å²) in [6.07, 6.45) is 10.4. The second-order valence-electron chi connectivity index (χ2n) is 6.22. The van der Waals surface area contributed by atoms with E-state index in [9.17, 15) is 22.8 Å².